The largest absolute Gasteiger partial charge is 0.317 e. The van der Waals surface area contributed by atoms with Gasteiger partial charge in [0.1, 0.15) is 0 Å². The van der Waals surface area contributed by atoms with Crippen LogP contribution in [0.4, 0.5) is 0 Å². The van der Waals surface area contributed by atoms with Gasteiger partial charge in [-0.1, -0.05) is 6.92 Å². The third kappa shape index (κ3) is 2.79. The highest BCUT2D eigenvalue weighted by atomic mass is 79.9. The zero-order valence-electron chi connectivity index (χ0n) is 9.04. The molecular formula is C12H17BrN2. The van der Waals surface area contributed by atoms with Crippen molar-refractivity contribution in [3.05, 3.63) is 28.5 Å². The number of halogens is 1. The van der Waals surface area contributed by atoms with Crippen LogP contribution in [0.1, 0.15) is 31.4 Å². The van der Waals surface area contributed by atoms with Crippen LogP contribution in [0.3, 0.4) is 0 Å². The second kappa shape index (κ2) is 5.08. The van der Waals surface area contributed by atoms with Gasteiger partial charge in [0.2, 0.25) is 0 Å². The summed E-state index contributed by atoms with van der Waals surface area (Å²) in [7, 11) is 0. The predicted octanol–water partition coefficient (Wildman–Crippen LogP) is 2.95. The normalized spacial score (nSPS) is 20.1. The molecule has 1 aromatic heterocycles. The van der Waals surface area contributed by atoms with E-state index < -0.39 is 0 Å². The Labute approximate surface area is 99.6 Å². The smallest absolute Gasteiger partial charge is 0.0435 e. The zero-order valence-corrected chi connectivity index (χ0v) is 10.6. The lowest BCUT2D eigenvalue weighted by Gasteiger charge is -2.27. The lowest BCUT2D eigenvalue weighted by Crippen LogP contribution is -2.30. The third-order valence-corrected chi connectivity index (χ3v) is 3.78. The number of rotatable bonds is 2. The maximum absolute atomic E-state index is 4.49. The average molecular weight is 269 g/mol. The highest BCUT2D eigenvalue weighted by molar-refractivity contribution is 9.10. The van der Waals surface area contributed by atoms with Gasteiger partial charge in [0.05, 0.1) is 0 Å². The fraction of sp³-hybridized carbons (Fsp3) is 0.583. The minimum absolute atomic E-state index is 0.584. The number of hydrogen-bond donors (Lipinski definition) is 1. The van der Waals surface area contributed by atoms with Gasteiger partial charge >= 0.3 is 0 Å². The van der Waals surface area contributed by atoms with E-state index in [9.17, 15) is 0 Å². The predicted molar refractivity (Wildman–Crippen MR) is 65.9 cm³/mol. The molecule has 2 nitrogen and oxygen atoms in total. The second-order valence-electron chi connectivity index (χ2n) is 4.28. The van der Waals surface area contributed by atoms with Gasteiger partial charge < -0.3 is 5.32 Å². The highest BCUT2D eigenvalue weighted by Gasteiger charge is 2.21. The van der Waals surface area contributed by atoms with Gasteiger partial charge in [-0.05, 0) is 59.9 Å². The van der Waals surface area contributed by atoms with Crippen molar-refractivity contribution < 1.29 is 0 Å². The van der Waals surface area contributed by atoms with Crippen molar-refractivity contribution >= 4 is 15.9 Å². The molecule has 1 aliphatic rings. The fourth-order valence-corrected chi connectivity index (χ4v) is 2.48. The van der Waals surface area contributed by atoms with Gasteiger partial charge in [-0.2, -0.15) is 0 Å². The van der Waals surface area contributed by atoms with E-state index in [1.807, 2.05) is 6.20 Å². The van der Waals surface area contributed by atoms with Gasteiger partial charge in [0, 0.05) is 22.3 Å². The molecule has 1 aromatic rings. The summed E-state index contributed by atoms with van der Waals surface area (Å²) in [5.74, 6) is 1.38. The quantitative estimate of drug-likeness (QED) is 0.892. The molecule has 82 valence electrons. The van der Waals surface area contributed by atoms with Gasteiger partial charge in [0.25, 0.3) is 0 Å². The Balaban J connectivity index is 2.05. The molecule has 0 spiro atoms. The van der Waals surface area contributed by atoms with E-state index in [1.165, 1.54) is 18.5 Å². The summed E-state index contributed by atoms with van der Waals surface area (Å²) in [5.41, 5.74) is 1.23. The number of aromatic nitrogens is 1. The van der Waals surface area contributed by atoms with E-state index in [4.69, 9.17) is 0 Å². The average Bonchev–Trinajstić information content (AvgIpc) is 2.30. The molecule has 0 radical (unpaired) electrons. The minimum Gasteiger partial charge on any atom is -0.317 e. The summed E-state index contributed by atoms with van der Waals surface area (Å²) in [6.45, 7) is 4.61. The monoisotopic (exact) mass is 268 g/mol. The van der Waals surface area contributed by atoms with Crippen LogP contribution in [0.5, 0.6) is 0 Å². The Hall–Kier alpha value is -0.410. The Morgan fingerprint density at radius 2 is 2.13 bits per heavy atom. The van der Waals surface area contributed by atoms with Crippen molar-refractivity contribution in [3.63, 3.8) is 0 Å². The summed E-state index contributed by atoms with van der Waals surface area (Å²) >= 11 is 3.42. The topological polar surface area (TPSA) is 24.9 Å². The van der Waals surface area contributed by atoms with Crippen LogP contribution in [0, 0.1) is 5.92 Å². The van der Waals surface area contributed by atoms with E-state index in [0.29, 0.717) is 5.92 Å². The summed E-state index contributed by atoms with van der Waals surface area (Å²) in [5, 5.41) is 3.40. The van der Waals surface area contributed by atoms with Gasteiger partial charge in [-0.25, -0.2) is 0 Å². The first-order valence-electron chi connectivity index (χ1n) is 5.59. The van der Waals surface area contributed by atoms with Crippen LogP contribution in [0.25, 0.3) is 0 Å². The number of piperidine rings is 1. The molecule has 1 saturated heterocycles. The number of nitrogens with zero attached hydrogens (tertiary/aromatic N) is 1. The molecule has 0 amide bonds. The molecule has 0 aliphatic carbocycles. The molecule has 1 fully saturated rings. The van der Waals surface area contributed by atoms with Gasteiger partial charge in [-0.3, -0.25) is 4.98 Å². The van der Waals surface area contributed by atoms with Crippen molar-refractivity contribution in [2.24, 2.45) is 5.92 Å². The molecule has 0 bridgehead atoms. The molecule has 0 saturated carbocycles. The van der Waals surface area contributed by atoms with Crippen LogP contribution in [-0.4, -0.2) is 18.1 Å². The third-order valence-electron chi connectivity index (χ3n) is 3.31. The van der Waals surface area contributed by atoms with E-state index >= 15 is 0 Å². The van der Waals surface area contributed by atoms with Crippen LogP contribution < -0.4 is 5.32 Å². The summed E-state index contributed by atoms with van der Waals surface area (Å²) in [6.07, 6.45) is 4.45. The molecule has 15 heavy (non-hydrogen) atoms. The minimum atomic E-state index is 0.584. The zero-order chi connectivity index (χ0) is 10.7. The van der Waals surface area contributed by atoms with Crippen molar-refractivity contribution in [3.8, 4) is 0 Å². The van der Waals surface area contributed by atoms with Crippen LogP contribution in [-0.2, 0) is 0 Å². The molecule has 1 unspecified atom stereocenters. The standard InChI is InChI=1S/C12H17BrN2/c1-9(10-4-6-14-7-5-10)12-3-2-11(13)8-15-12/h2-3,8-10,14H,4-7H2,1H3. The maximum atomic E-state index is 4.49. The van der Waals surface area contributed by atoms with Crippen molar-refractivity contribution in [2.45, 2.75) is 25.7 Å². The maximum Gasteiger partial charge on any atom is 0.0435 e. The lowest BCUT2D eigenvalue weighted by molar-refractivity contribution is 0.327. The Morgan fingerprint density at radius 3 is 2.73 bits per heavy atom. The second-order valence-corrected chi connectivity index (χ2v) is 5.19. The first kappa shape index (κ1) is 11.1. The lowest BCUT2D eigenvalue weighted by atomic mass is 9.84. The van der Waals surface area contributed by atoms with Crippen LogP contribution in [0.2, 0.25) is 0 Å². The molecule has 3 heteroatoms. The number of hydrogen-bond acceptors (Lipinski definition) is 2. The molecule has 1 N–H and O–H groups in total. The molecular weight excluding hydrogens is 252 g/mol. The van der Waals surface area contributed by atoms with Crippen LogP contribution >= 0.6 is 15.9 Å². The van der Waals surface area contributed by atoms with E-state index in [-0.39, 0.29) is 0 Å². The van der Waals surface area contributed by atoms with Crippen molar-refractivity contribution in [1.29, 1.82) is 0 Å². The number of pyridine rings is 1. The highest BCUT2D eigenvalue weighted by Crippen LogP contribution is 2.29. The van der Waals surface area contributed by atoms with E-state index in [2.05, 4.69) is 45.3 Å². The molecule has 1 atom stereocenters. The van der Waals surface area contributed by atoms with Gasteiger partial charge in [0.15, 0.2) is 0 Å². The molecule has 2 heterocycles. The van der Waals surface area contributed by atoms with E-state index in [0.717, 1.165) is 23.5 Å². The summed E-state index contributed by atoms with van der Waals surface area (Å²) in [6, 6.07) is 4.22. The Kier molecular flexibility index (Phi) is 3.76. The van der Waals surface area contributed by atoms with Gasteiger partial charge in [-0.15, -0.1) is 0 Å². The van der Waals surface area contributed by atoms with Crippen molar-refractivity contribution in [1.82, 2.24) is 10.3 Å². The first-order chi connectivity index (χ1) is 7.27. The first-order valence-corrected chi connectivity index (χ1v) is 6.39. The SMILES string of the molecule is CC(c1ccc(Br)cn1)C1CCNCC1. The summed E-state index contributed by atoms with van der Waals surface area (Å²) < 4.78 is 1.06. The van der Waals surface area contributed by atoms with Crippen molar-refractivity contribution in [2.75, 3.05) is 13.1 Å². The van der Waals surface area contributed by atoms with E-state index in [1.54, 1.807) is 0 Å². The molecule has 2 rings (SSSR count). The van der Waals surface area contributed by atoms with Crippen LogP contribution in [0.15, 0.2) is 22.8 Å². The summed E-state index contributed by atoms with van der Waals surface area (Å²) in [4.78, 5) is 4.49. The number of nitrogens with one attached hydrogen (secondary N) is 1. The Morgan fingerprint density at radius 1 is 1.40 bits per heavy atom. The molecule has 1 aliphatic heterocycles. The molecule has 0 aromatic carbocycles. The Bertz CT molecular complexity index is 304. The fourth-order valence-electron chi connectivity index (χ4n) is 2.24.